The lowest BCUT2D eigenvalue weighted by Gasteiger charge is -2.37. The molecule has 5 nitrogen and oxygen atoms in total. The Bertz CT molecular complexity index is 1150. The van der Waals surface area contributed by atoms with Crippen LogP contribution < -0.4 is 9.80 Å². The van der Waals surface area contributed by atoms with Gasteiger partial charge in [0.25, 0.3) is 5.91 Å². The molecule has 0 unspecified atom stereocenters. The van der Waals surface area contributed by atoms with Crippen LogP contribution in [0.15, 0.2) is 77.8 Å². The van der Waals surface area contributed by atoms with Crippen LogP contribution in [0.25, 0.3) is 0 Å². The molecule has 0 bridgehead atoms. The highest BCUT2D eigenvalue weighted by atomic mass is 19.1. The number of carbonyl (C=O) groups is 1. The number of fused-ring (bicyclic) bond motifs is 1. The normalized spacial score (nSPS) is 17.8. The molecule has 0 atom stereocenters. The van der Waals surface area contributed by atoms with Crippen LogP contribution in [-0.4, -0.2) is 49.4 Å². The molecule has 1 amide bonds. The summed E-state index contributed by atoms with van der Waals surface area (Å²) < 4.78 is 13.2. The highest BCUT2D eigenvalue weighted by Gasteiger charge is 2.35. The van der Waals surface area contributed by atoms with Crippen molar-refractivity contribution in [3.8, 4) is 0 Å². The third-order valence-corrected chi connectivity index (χ3v) is 6.08. The summed E-state index contributed by atoms with van der Waals surface area (Å²) >= 11 is 0. The average molecular weight is 429 g/mol. The molecule has 5 rings (SSSR count). The van der Waals surface area contributed by atoms with E-state index in [0.717, 1.165) is 54.4 Å². The molecule has 2 heterocycles. The largest absolute Gasteiger partial charge is 0.369 e. The summed E-state index contributed by atoms with van der Waals surface area (Å²) in [7, 11) is 0. The lowest BCUT2D eigenvalue weighted by atomic mass is 10.1. The summed E-state index contributed by atoms with van der Waals surface area (Å²) in [6.07, 6.45) is 0. The molecule has 162 valence electrons. The summed E-state index contributed by atoms with van der Waals surface area (Å²) in [5, 5.41) is 0. The van der Waals surface area contributed by atoms with E-state index in [0.29, 0.717) is 12.4 Å². The van der Waals surface area contributed by atoms with Gasteiger partial charge in [-0.15, -0.1) is 0 Å². The van der Waals surface area contributed by atoms with Crippen molar-refractivity contribution in [1.29, 1.82) is 0 Å². The number of amides is 1. The SMILES string of the molecule is Cc1ccc(N=C2C(=O)N(CN3CCN(c4ccc(F)cc4)CC3)c3ccccc32)cc1. The van der Waals surface area contributed by atoms with Crippen LogP contribution in [0, 0.1) is 12.7 Å². The Hall–Kier alpha value is -3.51. The van der Waals surface area contributed by atoms with Crippen molar-refractivity contribution in [1.82, 2.24) is 4.90 Å². The van der Waals surface area contributed by atoms with Gasteiger partial charge in [0.15, 0.2) is 0 Å². The quantitative estimate of drug-likeness (QED) is 0.619. The van der Waals surface area contributed by atoms with Crippen LogP contribution in [0.4, 0.5) is 21.5 Å². The molecule has 2 aliphatic heterocycles. The van der Waals surface area contributed by atoms with Gasteiger partial charge >= 0.3 is 0 Å². The van der Waals surface area contributed by atoms with Crippen molar-refractivity contribution in [2.45, 2.75) is 6.92 Å². The van der Waals surface area contributed by atoms with E-state index >= 15 is 0 Å². The van der Waals surface area contributed by atoms with Gasteiger partial charge in [0.05, 0.1) is 18.0 Å². The fourth-order valence-corrected chi connectivity index (χ4v) is 4.26. The minimum Gasteiger partial charge on any atom is -0.369 e. The Kier molecular flexibility index (Phi) is 5.45. The number of hydrogen-bond acceptors (Lipinski definition) is 4. The second-order valence-corrected chi connectivity index (χ2v) is 8.27. The van der Waals surface area contributed by atoms with Crippen LogP contribution in [0.3, 0.4) is 0 Å². The highest BCUT2D eigenvalue weighted by molar-refractivity contribution is 6.54. The average Bonchev–Trinajstić information content (AvgIpc) is 3.07. The third-order valence-electron chi connectivity index (χ3n) is 6.08. The molecule has 0 radical (unpaired) electrons. The van der Waals surface area contributed by atoms with Crippen LogP contribution in [0.1, 0.15) is 11.1 Å². The standard InChI is InChI=1S/C26H25FN4O/c1-19-6-10-21(11-7-19)28-25-23-4-2-3-5-24(23)31(26(25)32)18-29-14-16-30(17-15-29)22-12-8-20(27)9-13-22/h2-13H,14-18H2,1H3. The molecule has 3 aromatic carbocycles. The maximum atomic E-state index is 13.3. The van der Waals surface area contributed by atoms with Gasteiger partial charge in [-0.05, 0) is 49.4 Å². The molecule has 0 N–H and O–H groups in total. The van der Waals surface area contributed by atoms with E-state index < -0.39 is 0 Å². The number of rotatable bonds is 4. The molecule has 1 fully saturated rings. The minimum atomic E-state index is -0.221. The lowest BCUT2D eigenvalue weighted by Crippen LogP contribution is -2.51. The number of nitrogens with zero attached hydrogens (tertiary/aromatic N) is 4. The van der Waals surface area contributed by atoms with Gasteiger partial charge in [0.1, 0.15) is 11.5 Å². The Morgan fingerprint density at radius 2 is 1.56 bits per heavy atom. The number of halogens is 1. The van der Waals surface area contributed by atoms with E-state index in [4.69, 9.17) is 4.99 Å². The molecule has 0 spiro atoms. The van der Waals surface area contributed by atoms with Gasteiger partial charge in [-0.25, -0.2) is 9.38 Å². The number of aryl methyl sites for hydroxylation is 1. The molecule has 6 heteroatoms. The first-order valence-electron chi connectivity index (χ1n) is 10.9. The lowest BCUT2D eigenvalue weighted by molar-refractivity contribution is -0.112. The number of carbonyl (C=O) groups excluding carboxylic acids is 1. The van der Waals surface area contributed by atoms with E-state index in [-0.39, 0.29) is 11.7 Å². The Balaban J connectivity index is 1.32. The van der Waals surface area contributed by atoms with E-state index in [9.17, 15) is 9.18 Å². The topological polar surface area (TPSA) is 39.2 Å². The number of benzene rings is 3. The summed E-state index contributed by atoms with van der Waals surface area (Å²) in [5.74, 6) is -0.283. The molecule has 1 saturated heterocycles. The summed E-state index contributed by atoms with van der Waals surface area (Å²) in [6.45, 7) is 5.88. The van der Waals surface area contributed by atoms with Gasteiger partial charge in [0, 0.05) is 37.4 Å². The third kappa shape index (κ3) is 4.01. The number of para-hydroxylation sites is 1. The molecular formula is C26H25FN4O. The van der Waals surface area contributed by atoms with Crippen LogP contribution in [0.5, 0.6) is 0 Å². The molecule has 3 aromatic rings. The van der Waals surface area contributed by atoms with Crippen LogP contribution >= 0.6 is 0 Å². The molecule has 2 aliphatic rings. The van der Waals surface area contributed by atoms with Crippen molar-refractivity contribution in [3.05, 3.63) is 89.7 Å². The molecule has 0 aliphatic carbocycles. The zero-order valence-electron chi connectivity index (χ0n) is 18.0. The van der Waals surface area contributed by atoms with Gasteiger partial charge in [-0.3, -0.25) is 14.6 Å². The maximum Gasteiger partial charge on any atom is 0.278 e. The monoisotopic (exact) mass is 428 g/mol. The molecule has 0 saturated carbocycles. The Morgan fingerprint density at radius 3 is 2.28 bits per heavy atom. The fourth-order valence-electron chi connectivity index (χ4n) is 4.26. The first-order valence-corrected chi connectivity index (χ1v) is 10.9. The Labute approximate surface area is 187 Å². The molecule has 32 heavy (non-hydrogen) atoms. The number of aliphatic imine (C=N–C) groups is 1. The zero-order chi connectivity index (χ0) is 22.1. The van der Waals surface area contributed by atoms with Gasteiger partial charge in [-0.1, -0.05) is 35.9 Å². The van der Waals surface area contributed by atoms with E-state index in [1.807, 2.05) is 72.5 Å². The zero-order valence-corrected chi connectivity index (χ0v) is 18.0. The smallest absolute Gasteiger partial charge is 0.278 e. The van der Waals surface area contributed by atoms with Gasteiger partial charge in [0.2, 0.25) is 0 Å². The summed E-state index contributed by atoms with van der Waals surface area (Å²) in [4.78, 5) is 24.4. The molecule has 0 aromatic heterocycles. The first-order chi connectivity index (χ1) is 15.6. The van der Waals surface area contributed by atoms with E-state index in [1.54, 1.807) is 0 Å². The van der Waals surface area contributed by atoms with Crippen molar-refractivity contribution in [2.75, 3.05) is 42.6 Å². The second-order valence-electron chi connectivity index (χ2n) is 8.27. The number of piperazine rings is 1. The van der Waals surface area contributed by atoms with Crippen molar-refractivity contribution >= 4 is 28.7 Å². The molecular weight excluding hydrogens is 403 g/mol. The van der Waals surface area contributed by atoms with Crippen molar-refractivity contribution in [3.63, 3.8) is 0 Å². The van der Waals surface area contributed by atoms with Crippen molar-refractivity contribution < 1.29 is 9.18 Å². The highest BCUT2D eigenvalue weighted by Crippen LogP contribution is 2.31. The predicted molar refractivity (Wildman–Crippen MR) is 126 cm³/mol. The number of hydrogen-bond donors (Lipinski definition) is 0. The summed E-state index contributed by atoms with van der Waals surface area (Å²) in [5.41, 5.74) is 5.25. The fraction of sp³-hybridized carbons (Fsp3) is 0.231. The van der Waals surface area contributed by atoms with Crippen LogP contribution in [0.2, 0.25) is 0 Å². The predicted octanol–water partition coefficient (Wildman–Crippen LogP) is 4.38. The van der Waals surface area contributed by atoms with Crippen LogP contribution in [-0.2, 0) is 4.79 Å². The van der Waals surface area contributed by atoms with Gasteiger partial charge in [-0.2, -0.15) is 0 Å². The number of anilines is 2. The second kappa shape index (κ2) is 8.55. The van der Waals surface area contributed by atoms with Crippen molar-refractivity contribution in [2.24, 2.45) is 4.99 Å². The van der Waals surface area contributed by atoms with E-state index in [2.05, 4.69) is 9.80 Å². The first kappa shape index (κ1) is 20.4. The van der Waals surface area contributed by atoms with E-state index in [1.165, 1.54) is 12.1 Å². The maximum absolute atomic E-state index is 13.3. The summed E-state index contributed by atoms with van der Waals surface area (Å²) in [6, 6.07) is 22.4. The Morgan fingerprint density at radius 1 is 0.875 bits per heavy atom. The van der Waals surface area contributed by atoms with Gasteiger partial charge < -0.3 is 4.90 Å². The minimum absolute atomic E-state index is 0.0623.